The number of hydrogen-bond donors (Lipinski definition) is 1. The molecule has 1 atom stereocenters. The van der Waals surface area contributed by atoms with Gasteiger partial charge in [-0.3, -0.25) is 19.6 Å². The number of nitrogens with zero attached hydrogens (tertiary/aromatic N) is 4. The third kappa shape index (κ3) is 5.46. The van der Waals surface area contributed by atoms with Crippen molar-refractivity contribution >= 4 is 34.9 Å². The predicted octanol–water partition coefficient (Wildman–Crippen LogP) is 4.38. The maximum atomic E-state index is 12.5. The molecule has 3 rings (SSSR count). The summed E-state index contributed by atoms with van der Waals surface area (Å²) < 4.78 is 6.65. The van der Waals surface area contributed by atoms with Crippen LogP contribution in [0.15, 0.2) is 53.6 Å². The van der Waals surface area contributed by atoms with Crippen molar-refractivity contribution in [2.75, 3.05) is 0 Å². The maximum Gasteiger partial charge on any atom is 0.343 e. The zero-order valence-electron chi connectivity index (χ0n) is 18.9. The number of hydrazone groups is 1. The Kier molecular flexibility index (Phi) is 7.42. The van der Waals surface area contributed by atoms with Crippen molar-refractivity contribution in [3.63, 3.8) is 0 Å². The van der Waals surface area contributed by atoms with Crippen LogP contribution in [0.2, 0.25) is 5.02 Å². The van der Waals surface area contributed by atoms with E-state index in [-0.39, 0.29) is 17.1 Å². The average Bonchev–Trinajstić information content (AvgIpc) is 3.11. The van der Waals surface area contributed by atoms with E-state index in [0.717, 1.165) is 0 Å². The number of rotatable bonds is 7. The Bertz CT molecular complexity index is 1280. The van der Waals surface area contributed by atoms with Gasteiger partial charge in [-0.15, -0.1) is 0 Å². The third-order valence-corrected chi connectivity index (χ3v) is 5.33. The standard InChI is InChI=1S/C23H22ClN5O5/c1-13(25-26-22(30)16(4)28-15(3)21(29(32)33)14(2)27-28)17-8-10-20(11-9-17)34-23(31)18-6-5-7-19(24)12-18/h5-12,16H,1-4H3,(H,26,30)/b25-13+. The second-order valence-electron chi connectivity index (χ2n) is 7.49. The first-order chi connectivity index (χ1) is 16.1. The van der Waals surface area contributed by atoms with E-state index in [0.29, 0.717) is 27.6 Å². The van der Waals surface area contributed by atoms with Crippen molar-refractivity contribution < 1.29 is 19.2 Å². The fraction of sp³-hybridized carbons (Fsp3) is 0.217. The van der Waals surface area contributed by atoms with E-state index in [4.69, 9.17) is 16.3 Å². The topological polar surface area (TPSA) is 129 Å². The molecule has 0 fully saturated rings. The highest BCUT2D eigenvalue weighted by Crippen LogP contribution is 2.24. The molecular formula is C23H22ClN5O5. The largest absolute Gasteiger partial charge is 0.423 e. The van der Waals surface area contributed by atoms with Gasteiger partial charge in [-0.2, -0.15) is 10.2 Å². The van der Waals surface area contributed by atoms with Gasteiger partial charge in [-0.05, 0) is 75.7 Å². The van der Waals surface area contributed by atoms with Crippen LogP contribution in [0.1, 0.15) is 47.2 Å². The van der Waals surface area contributed by atoms with Gasteiger partial charge in [0.05, 0.1) is 16.2 Å². The molecule has 10 nitrogen and oxygen atoms in total. The lowest BCUT2D eigenvalue weighted by Gasteiger charge is -2.12. The molecule has 0 radical (unpaired) electrons. The van der Waals surface area contributed by atoms with Crippen LogP contribution in [0, 0.1) is 24.0 Å². The van der Waals surface area contributed by atoms with Crippen molar-refractivity contribution in [1.29, 1.82) is 0 Å². The molecule has 0 spiro atoms. The molecule has 176 valence electrons. The van der Waals surface area contributed by atoms with Gasteiger partial charge in [0.15, 0.2) is 0 Å². The number of halogens is 1. The Morgan fingerprint density at radius 1 is 1.18 bits per heavy atom. The molecular weight excluding hydrogens is 462 g/mol. The third-order valence-electron chi connectivity index (χ3n) is 5.09. The fourth-order valence-corrected chi connectivity index (χ4v) is 3.44. The zero-order valence-corrected chi connectivity index (χ0v) is 19.7. The summed E-state index contributed by atoms with van der Waals surface area (Å²) in [6.45, 7) is 6.33. The number of carbonyl (C=O) groups is 2. The van der Waals surface area contributed by atoms with Crippen molar-refractivity contribution in [2.45, 2.75) is 33.7 Å². The van der Waals surface area contributed by atoms with Crippen LogP contribution in [0.4, 0.5) is 5.69 Å². The number of hydrogen-bond acceptors (Lipinski definition) is 7. The number of aryl methyl sites for hydroxylation is 1. The Morgan fingerprint density at radius 2 is 1.85 bits per heavy atom. The van der Waals surface area contributed by atoms with Gasteiger partial charge in [-0.1, -0.05) is 17.7 Å². The normalized spacial score (nSPS) is 12.2. The molecule has 3 aromatic rings. The Hall–Kier alpha value is -4.05. The number of amides is 1. The van der Waals surface area contributed by atoms with Crippen molar-refractivity contribution in [1.82, 2.24) is 15.2 Å². The monoisotopic (exact) mass is 483 g/mol. The highest BCUT2D eigenvalue weighted by molar-refractivity contribution is 6.30. The smallest absolute Gasteiger partial charge is 0.343 e. The maximum absolute atomic E-state index is 12.5. The van der Waals surface area contributed by atoms with E-state index in [1.54, 1.807) is 56.3 Å². The van der Waals surface area contributed by atoms with E-state index >= 15 is 0 Å². The van der Waals surface area contributed by atoms with Crippen LogP contribution in [-0.2, 0) is 4.79 Å². The zero-order chi connectivity index (χ0) is 25.0. The minimum atomic E-state index is -0.808. The van der Waals surface area contributed by atoms with Gasteiger partial charge in [0.1, 0.15) is 23.2 Å². The summed E-state index contributed by atoms with van der Waals surface area (Å²) in [6.07, 6.45) is 0. The predicted molar refractivity (Wildman–Crippen MR) is 126 cm³/mol. The summed E-state index contributed by atoms with van der Waals surface area (Å²) in [5.41, 5.74) is 4.39. The second kappa shape index (κ2) is 10.3. The number of ether oxygens (including phenoxy) is 1. The molecule has 34 heavy (non-hydrogen) atoms. The number of nitrogens with one attached hydrogen (secondary N) is 1. The van der Waals surface area contributed by atoms with Crippen molar-refractivity contribution in [3.8, 4) is 5.75 Å². The van der Waals surface area contributed by atoms with Crippen LogP contribution in [-0.4, -0.2) is 32.3 Å². The van der Waals surface area contributed by atoms with Gasteiger partial charge < -0.3 is 4.74 Å². The quantitative estimate of drug-likeness (QED) is 0.174. The molecule has 0 bridgehead atoms. The van der Waals surface area contributed by atoms with E-state index in [9.17, 15) is 19.7 Å². The molecule has 0 aliphatic heterocycles. The van der Waals surface area contributed by atoms with Crippen molar-refractivity contribution in [3.05, 3.63) is 86.2 Å². The van der Waals surface area contributed by atoms with Gasteiger partial charge in [0.25, 0.3) is 5.91 Å². The van der Waals surface area contributed by atoms with E-state index in [1.807, 2.05) is 0 Å². The lowest BCUT2D eigenvalue weighted by molar-refractivity contribution is -0.386. The fourth-order valence-electron chi connectivity index (χ4n) is 3.25. The number of nitro groups is 1. The summed E-state index contributed by atoms with van der Waals surface area (Å²) >= 11 is 5.90. The molecule has 0 aliphatic carbocycles. The van der Waals surface area contributed by atoms with Gasteiger partial charge in [0.2, 0.25) is 0 Å². The number of aromatic nitrogens is 2. The highest BCUT2D eigenvalue weighted by atomic mass is 35.5. The molecule has 1 unspecified atom stereocenters. The first kappa shape index (κ1) is 24.6. The summed E-state index contributed by atoms with van der Waals surface area (Å²) in [6, 6.07) is 12.2. The molecule has 2 aromatic carbocycles. The highest BCUT2D eigenvalue weighted by Gasteiger charge is 2.27. The summed E-state index contributed by atoms with van der Waals surface area (Å²) in [7, 11) is 0. The SMILES string of the molecule is C/C(=N\NC(=O)C(C)n1nc(C)c([N+](=O)[O-])c1C)c1ccc(OC(=O)c2cccc(Cl)c2)cc1. The number of carbonyl (C=O) groups excluding carboxylic acids is 2. The number of esters is 1. The Labute approximate surface area is 200 Å². The van der Waals surface area contributed by atoms with Crippen LogP contribution in [0.25, 0.3) is 0 Å². The molecule has 1 N–H and O–H groups in total. The summed E-state index contributed by atoms with van der Waals surface area (Å²) in [5.74, 6) is -0.677. The lowest BCUT2D eigenvalue weighted by Crippen LogP contribution is -2.29. The van der Waals surface area contributed by atoms with Gasteiger partial charge in [-0.25, -0.2) is 10.2 Å². The summed E-state index contributed by atoms with van der Waals surface area (Å²) in [4.78, 5) is 35.4. The minimum absolute atomic E-state index is 0.115. The minimum Gasteiger partial charge on any atom is -0.423 e. The Balaban J connectivity index is 1.65. The molecule has 1 heterocycles. The molecule has 0 saturated carbocycles. The van der Waals surface area contributed by atoms with Gasteiger partial charge >= 0.3 is 11.7 Å². The van der Waals surface area contributed by atoms with Crippen LogP contribution < -0.4 is 10.2 Å². The molecule has 1 amide bonds. The molecule has 0 aliphatic rings. The Morgan fingerprint density at radius 3 is 2.44 bits per heavy atom. The first-order valence-corrected chi connectivity index (χ1v) is 10.6. The molecule has 11 heteroatoms. The van der Waals surface area contributed by atoms with E-state index in [1.165, 1.54) is 24.6 Å². The average molecular weight is 484 g/mol. The van der Waals surface area contributed by atoms with E-state index in [2.05, 4.69) is 15.6 Å². The van der Waals surface area contributed by atoms with Crippen LogP contribution in [0.5, 0.6) is 5.75 Å². The molecule has 0 saturated heterocycles. The first-order valence-electron chi connectivity index (χ1n) is 10.2. The lowest BCUT2D eigenvalue weighted by atomic mass is 10.1. The van der Waals surface area contributed by atoms with Crippen molar-refractivity contribution in [2.24, 2.45) is 5.10 Å². The van der Waals surface area contributed by atoms with Crippen LogP contribution >= 0.6 is 11.6 Å². The molecule has 1 aromatic heterocycles. The van der Waals surface area contributed by atoms with Crippen LogP contribution in [0.3, 0.4) is 0 Å². The number of benzene rings is 2. The van der Waals surface area contributed by atoms with Gasteiger partial charge in [0, 0.05) is 5.02 Å². The van der Waals surface area contributed by atoms with E-state index < -0.39 is 22.8 Å². The summed E-state index contributed by atoms with van der Waals surface area (Å²) in [5, 5.41) is 19.8. The second-order valence-corrected chi connectivity index (χ2v) is 7.93.